The van der Waals surface area contributed by atoms with Gasteiger partial charge in [-0.1, -0.05) is 30.3 Å². The van der Waals surface area contributed by atoms with Crippen molar-refractivity contribution in [1.29, 1.82) is 0 Å². The second-order valence-corrected chi connectivity index (χ2v) is 3.26. The Morgan fingerprint density at radius 3 is 2.46 bits per heavy atom. The first-order chi connectivity index (χ1) is 5.86. The smallest absolute Gasteiger partial charge is 0.0682 e. The van der Waals surface area contributed by atoms with E-state index in [0.29, 0.717) is 6.04 Å². The molecule has 1 aliphatic rings. The fraction of sp³-hybridized carbons (Fsp3) is 0.400. The monoisotopic (exact) mass is 199 g/mol. The second kappa shape index (κ2) is 4.61. The van der Waals surface area contributed by atoms with Gasteiger partial charge in [0, 0.05) is 12.6 Å². The van der Waals surface area contributed by atoms with Crippen molar-refractivity contribution >= 4 is 12.4 Å². The van der Waals surface area contributed by atoms with E-state index in [1.54, 1.807) is 0 Å². The van der Waals surface area contributed by atoms with E-state index in [1.807, 2.05) is 18.2 Å². The van der Waals surface area contributed by atoms with Crippen LogP contribution in [0.2, 0.25) is 0 Å². The molecule has 13 heavy (non-hydrogen) atoms. The molecule has 0 spiro atoms. The topological polar surface area (TPSA) is 32.3 Å². The van der Waals surface area contributed by atoms with Gasteiger partial charge in [-0.15, -0.1) is 12.4 Å². The van der Waals surface area contributed by atoms with Crippen LogP contribution < -0.4 is 5.32 Å². The van der Waals surface area contributed by atoms with Crippen molar-refractivity contribution < 1.29 is 5.11 Å². The summed E-state index contributed by atoms with van der Waals surface area (Å²) in [5.41, 5.74) is 1.27. The van der Waals surface area contributed by atoms with Crippen LogP contribution in [0.15, 0.2) is 30.3 Å². The van der Waals surface area contributed by atoms with Crippen molar-refractivity contribution in [3.8, 4) is 0 Å². The lowest BCUT2D eigenvalue weighted by atomic mass is 10.1. The summed E-state index contributed by atoms with van der Waals surface area (Å²) in [6.07, 6.45) is 0.666. The van der Waals surface area contributed by atoms with E-state index in [2.05, 4.69) is 17.4 Å². The van der Waals surface area contributed by atoms with Gasteiger partial charge < -0.3 is 10.4 Å². The molecule has 1 aromatic carbocycles. The molecule has 0 radical (unpaired) electrons. The Balaban J connectivity index is 0.000000845. The second-order valence-electron chi connectivity index (χ2n) is 3.26. The summed E-state index contributed by atoms with van der Waals surface area (Å²) in [5.74, 6) is 0. The van der Waals surface area contributed by atoms with Gasteiger partial charge in [0.25, 0.3) is 0 Å². The van der Waals surface area contributed by atoms with Gasteiger partial charge in [-0.2, -0.15) is 0 Å². The molecule has 0 amide bonds. The van der Waals surface area contributed by atoms with E-state index in [9.17, 15) is 5.11 Å². The molecule has 0 aliphatic carbocycles. The third-order valence-electron chi connectivity index (χ3n) is 2.31. The Kier molecular flexibility index (Phi) is 3.72. The molecule has 2 atom stereocenters. The number of hydrogen-bond acceptors (Lipinski definition) is 2. The summed E-state index contributed by atoms with van der Waals surface area (Å²) in [5, 5.41) is 12.6. The normalized spacial score (nSPS) is 26.8. The van der Waals surface area contributed by atoms with Crippen LogP contribution in [-0.2, 0) is 0 Å². The van der Waals surface area contributed by atoms with Gasteiger partial charge in [-0.05, 0) is 12.0 Å². The average Bonchev–Trinajstić information content (AvgIpc) is 2.54. The molecule has 3 heteroatoms. The first kappa shape index (κ1) is 10.5. The molecule has 72 valence electrons. The average molecular weight is 200 g/mol. The molecule has 1 aliphatic heterocycles. The Labute approximate surface area is 84.4 Å². The van der Waals surface area contributed by atoms with Crippen molar-refractivity contribution in [3.05, 3.63) is 35.9 Å². The van der Waals surface area contributed by atoms with Crippen LogP contribution in [0.1, 0.15) is 18.0 Å². The number of aliphatic hydroxyl groups is 1. The lowest BCUT2D eigenvalue weighted by molar-refractivity contribution is 0.193. The molecule has 0 bridgehead atoms. The van der Waals surface area contributed by atoms with E-state index < -0.39 is 0 Å². The quantitative estimate of drug-likeness (QED) is 0.719. The first-order valence-corrected chi connectivity index (χ1v) is 4.32. The highest BCUT2D eigenvalue weighted by Gasteiger charge is 2.22. The zero-order chi connectivity index (χ0) is 8.39. The molecule has 1 aromatic rings. The van der Waals surface area contributed by atoms with Crippen LogP contribution in [0.5, 0.6) is 0 Å². The zero-order valence-electron chi connectivity index (χ0n) is 7.31. The fourth-order valence-electron chi connectivity index (χ4n) is 1.66. The lowest BCUT2D eigenvalue weighted by Crippen LogP contribution is -2.14. The van der Waals surface area contributed by atoms with E-state index in [1.165, 1.54) is 5.56 Å². The van der Waals surface area contributed by atoms with Crippen LogP contribution in [0.25, 0.3) is 0 Å². The molecule has 1 heterocycles. The molecule has 0 aromatic heterocycles. The van der Waals surface area contributed by atoms with Crippen LogP contribution in [-0.4, -0.2) is 17.8 Å². The molecular formula is C10H14ClNO. The van der Waals surface area contributed by atoms with Crippen LogP contribution in [0.4, 0.5) is 0 Å². The van der Waals surface area contributed by atoms with Gasteiger partial charge in [0.2, 0.25) is 0 Å². The Bertz CT molecular complexity index is 252. The number of halogens is 1. The molecule has 1 saturated heterocycles. The minimum Gasteiger partial charge on any atom is -0.392 e. The van der Waals surface area contributed by atoms with E-state index in [-0.39, 0.29) is 18.5 Å². The summed E-state index contributed by atoms with van der Waals surface area (Å²) in [6, 6.07) is 10.6. The summed E-state index contributed by atoms with van der Waals surface area (Å²) in [4.78, 5) is 0. The van der Waals surface area contributed by atoms with Crippen molar-refractivity contribution in [3.63, 3.8) is 0 Å². The molecule has 2 N–H and O–H groups in total. The van der Waals surface area contributed by atoms with Crippen molar-refractivity contribution in [2.24, 2.45) is 0 Å². The van der Waals surface area contributed by atoms with Crippen LogP contribution >= 0.6 is 12.4 Å². The van der Waals surface area contributed by atoms with E-state index >= 15 is 0 Å². The summed E-state index contributed by atoms with van der Waals surface area (Å²) >= 11 is 0. The number of aliphatic hydroxyl groups excluding tert-OH is 1. The summed E-state index contributed by atoms with van der Waals surface area (Å²) < 4.78 is 0. The third-order valence-corrected chi connectivity index (χ3v) is 2.31. The maximum absolute atomic E-state index is 9.30. The van der Waals surface area contributed by atoms with Gasteiger partial charge in [0.1, 0.15) is 0 Å². The van der Waals surface area contributed by atoms with Gasteiger partial charge in [0.15, 0.2) is 0 Å². The molecule has 2 nitrogen and oxygen atoms in total. The van der Waals surface area contributed by atoms with Crippen molar-refractivity contribution in [1.82, 2.24) is 5.32 Å². The Morgan fingerprint density at radius 2 is 1.92 bits per heavy atom. The first-order valence-electron chi connectivity index (χ1n) is 4.32. The predicted octanol–water partition coefficient (Wildman–Crippen LogP) is 1.50. The minimum absolute atomic E-state index is 0. The highest BCUT2D eigenvalue weighted by atomic mass is 35.5. The molecular weight excluding hydrogens is 186 g/mol. The molecule has 0 saturated carbocycles. The third kappa shape index (κ3) is 2.44. The number of hydrogen-bond donors (Lipinski definition) is 2. The molecule has 2 rings (SSSR count). The fourth-order valence-corrected chi connectivity index (χ4v) is 1.66. The SMILES string of the molecule is Cl.OC1CNC(c2ccccc2)C1. The maximum atomic E-state index is 9.30. The van der Waals surface area contributed by atoms with E-state index in [4.69, 9.17) is 0 Å². The van der Waals surface area contributed by atoms with Crippen LogP contribution in [0.3, 0.4) is 0 Å². The Hall–Kier alpha value is -0.570. The standard InChI is InChI=1S/C10H13NO.ClH/c12-9-6-10(11-7-9)8-4-2-1-3-5-8;/h1-5,9-12H,6-7H2;1H. The zero-order valence-corrected chi connectivity index (χ0v) is 8.13. The highest BCUT2D eigenvalue weighted by molar-refractivity contribution is 5.85. The van der Waals surface area contributed by atoms with Gasteiger partial charge in [0.05, 0.1) is 6.10 Å². The number of benzene rings is 1. The Morgan fingerprint density at radius 1 is 1.23 bits per heavy atom. The lowest BCUT2D eigenvalue weighted by Gasteiger charge is -2.08. The van der Waals surface area contributed by atoms with Gasteiger partial charge in [-0.25, -0.2) is 0 Å². The van der Waals surface area contributed by atoms with Crippen LogP contribution in [0, 0.1) is 0 Å². The van der Waals surface area contributed by atoms with E-state index in [0.717, 1.165) is 13.0 Å². The number of rotatable bonds is 1. The maximum Gasteiger partial charge on any atom is 0.0682 e. The summed E-state index contributed by atoms with van der Waals surface area (Å²) in [7, 11) is 0. The number of nitrogens with one attached hydrogen (secondary N) is 1. The highest BCUT2D eigenvalue weighted by Crippen LogP contribution is 2.22. The predicted molar refractivity (Wildman–Crippen MR) is 55.1 cm³/mol. The largest absolute Gasteiger partial charge is 0.392 e. The summed E-state index contributed by atoms with van der Waals surface area (Å²) in [6.45, 7) is 0.722. The van der Waals surface area contributed by atoms with Gasteiger partial charge >= 0.3 is 0 Å². The van der Waals surface area contributed by atoms with Crippen molar-refractivity contribution in [2.45, 2.75) is 18.6 Å². The molecule has 2 unspecified atom stereocenters. The number of β-amino-alcohol motifs (C(OH)–C–C–N with tert-alkyl or cyclic N) is 1. The molecule has 1 fully saturated rings. The minimum atomic E-state index is -0.171. The van der Waals surface area contributed by atoms with Crippen molar-refractivity contribution in [2.75, 3.05) is 6.54 Å². The van der Waals surface area contributed by atoms with Gasteiger partial charge in [-0.3, -0.25) is 0 Å².